The predicted molar refractivity (Wildman–Crippen MR) is 134 cm³/mol. The first-order valence-electron chi connectivity index (χ1n) is 12.6. The van der Waals surface area contributed by atoms with Gasteiger partial charge in [-0.25, -0.2) is 14.4 Å². The van der Waals surface area contributed by atoms with Crippen LogP contribution in [0.15, 0.2) is 29.1 Å². The Hall–Kier alpha value is -2.84. The fourth-order valence-corrected chi connectivity index (χ4v) is 4.99. The number of aryl methyl sites for hydroxylation is 1. The number of nitrogens with one attached hydrogen (secondary N) is 1. The van der Waals surface area contributed by atoms with Gasteiger partial charge in [-0.2, -0.15) is 4.98 Å². The number of nitrogens with zero attached hydrogens (tertiary/aromatic N) is 3. The largest absolute Gasteiger partial charge is 0.417 e. The van der Waals surface area contributed by atoms with E-state index in [2.05, 4.69) is 34.1 Å². The van der Waals surface area contributed by atoms with Gasteiger partial charge in [0.25, 0.3) is 11.8 Å². The number of amides is 1. The lowest BCUT2D eigenvalue weighted by molar-refractivity contribution is -0.117. The van der Waals surface area contributed by atoms with Gasteiger partial charge in [-0.15, -0.1) is 0 Å². The maximum absolute atomic E-state index is 16.2. The number of ether oxygens (including phenoxy) is 2. The van der Waals surface area contributed by atoms with Gasteiger partial charge in [0.05, 0.1) is 18.3 Å². The van der Waals surface area contributed by atoms with Crippen LogP contribution in [0.5, 0.6) is 11.8 Å². The standard InChI is InChI=1S/C27H30ClFN4O3/c1-4-14(2)20-19(21-15(3)9-10-30-24(21)34)8-5-16-11-31-26(23(29)22(16)20)36-25-17(12-32-27(28)33-25)13-35-18-6-7-18/h11-12,14,18H,4-10,13H2,1-3H3,(H,30,34). The van der Waals surface area contributed by atoms with Crippen LogP contribution >= 0.6 is 11.6 Å². The Labute approximate surface area is 215 Å². The molecular weight excluding hydrogens is 483 g/mol. The van der Waals surface area contributed by atoms with Crippen LogP contribution in [0.3, 0.4) is 0 Å². The minimum absolute atomic E-state index is 0.00765. The molecule has 0 bridgehead atoms. The molecule has 0 aromatic carbocycles. The highest BCUT2D eigenvalue weighted by molar-refractivity contribution is 6.28. The van der Waals surface area contributed by atoms with E-state index in [1.165, 1.54) is 6.20 Å². The van der Waals surface area contributed by atoms with E-state index < -0.39 is 5.82 Å². The number of aromatic nitrogens is 3. The van der Waals surface area contributed by atoms with Crippen molar-refractivity contribution >= 4 is 23.1 Å². The molecule has 7 nitrogen and oxygen atoms in total. The van der Waals surface area contributed by atoms with Crippen molar-refractivity contribution in [1.82, 2.24) is 20.3 Å². The number of hydrogen-bond acceptors (Lipinski definition) is 6. The second-order valence-electron chi connectivity index (χ2n) is 9.72. The zero-order valence-electron chi connectivity index (χ0n) is 20.8. The van der Waals surface area contributed by atoms with E-state index in [9.17, 15) is 4.79 Å². The lowest BCUT2D eigenvalue weighted by Gasteiger charge is -2.31. The van der Waals surface area contributed by atoms with Crippen molar-refractivity contribution in [3.05, 3.63) is 56.9 Å². The predicted octanol–water partition coefficient (Wildman–Crippen LogP) is 5.72. The second kappa shape index (κ2) is 10.3. The van der Waals surface area contributed by atoms with Gasteiger partial charge >= 0.3 is 0 Å². The molecule has 2 aliphatic carbocycles. The number of rotatable bonds is 8. The fourth-order valence-electron chi connectivity index (χ4n) is 4.87. The summed E-state index contributed by atoms with van der Waals surface area (Å²) in [6.07, 6.45) is 8.31. The number of halogens is 2. The third kappa shape index (κ3) is 4.89. The molecule has 36 heavy (non-hydrogen) atoms. The van der Waals surface area contributed by atoms with Crippen LogP contribution in [-0.4, -0.2) is 33.5 Å². The van der Waals surface area contributed by atoms with E-state index in [0.717, 1.165) is 48.0 Å². The number of allylic oxidation sites excluding steroid dienone is 1. The lowest BCUT2D eigenvalue weighted by atomic mass is 9.75. The molecule has 2 aromatic rings. The zero-order chi connectivity index (χ0) is 25.4. The summed E-state index contributed by atoms with van der Waals surface area (Å²) < 4.78 is 27.9. The number of carbonyl (C=O) groups is 1. The Kier molecular flexibility index (Phi) is 7.08. The van der Waals surface area contributed by atoms with Crippen molar-refractivity contribution in [1.29, 1.82) is 0 Å². The molecule has 1 fully saturated rings. The molecule has 5 rings (SSSR count). The molecule has 190 valence electrons. The van der Waals surface area contributed by atoms with Crippen molar-refractivity contribution in [3.8, 4) is 11.8 Å². The normalized spacial score (nSPS) is 18.8. The summed E-state index contributed by atoms with van der Waals surface area (Å²) in [5, 5.41) is 2.95. The molecule has 1 atom stereocenters. The van der Waals surface area contributed by atoms with Gasteiger partial charge in [-0.05, 0) is 79.7 Å². The van der Waals surface area contributed by atoms with Crippen molar-refractivity contribution < 1.29 is 18.7 Å². The van der Waals surface area contributed by atoms with E-state index in [1.54, 1.807) is 6.20 Å². The van der Waals surface area contributed by atoms with Gasteiger partial charge in [-0.3, -0.25) is 4.79 Å². The molecule has 1 unspecified atom stereocenters. The average Bonchev–Trinajstić information content (AvgIpc) is 3.69. The molecule has 1 amide bonds. The Morgan fingerprint density at radius 3 is 2.72 bits per heavy atom. The van der Waals surface area contributed by atoms with Crippen molar-refractivity contribution in [2.24, 2.45) is 5.92 Å². The van der Waals surface area contributed by atoms with Gasteiger partial charge in [0, 0.05) is 30.1 Å². The Morgan fingerprint density at radius 1 is 1.19 bits per heavy atom. The van der Waals surface area contributed by atoms with Gasteiger partial charge < -0.3 is 14.8 Å². The number of pyridine rings is 1. The summed E-state index contributed by atoms with van der Waals surface area (Å²) in [5.41, 5.74) is 5.38. The van der Waals surface area contributed by atoms with Gasteiger partial charge in [-0.1, -0.05) is 19.4 Å². The van der Waals surface area contributed by atoms with Crippen LogP contribution in [-0.2, 0) is 22.6 Å². The summed E-state index contributed by atoms with van der Waals surface area (Å²) >= 11 is 6.02. The Bertz CT molecular complexity index is 1270. The fraction of sp³-hybridized carbons (Fsp3) is 0.481. The SMILES string of the molecule is CCC(C)C1=C(C2=C(C)CCNC2=O)CCc2cnc(Oc3nc(Cl)ncc3COC3CC3)c(F)c21. The van der Waals surface area contributed by atoms with E-state index in [1.807, 2.05) is 6.92 Å². The van der Waals surface area contributed by atoms with Crippen LogP contribution in [0.25, 0.3) is 5.57 Å². The van der Waals surface area contributed by atoms with Crippen molar-refractivity contribution in [2.45, 2.75) is 72.0 Å². The smallest absolute Gasteiger partial charge is 0.258 e. The van der Waals surface area contributed by atoms with Crippen LogP contribution in [0.2, 0.25) is 5.28 Å². The first kappa shape index (κ1) is 24.8. The second-order valence-corrected chi connectivity index (χ2v) is 10.1. The molecule has 9 heteroatoms. The van der Waals surface area contributed by atoms with E-state index in [0.29, 0.717) is 36.1 Å². The number of carbonyl (C=O) groups excluding carboxylic acids is 1. The highest BCUT2D eigenvalue weighted by Gasteiger charge is 2.33. The van der Waals surface area contributed by atoms with E-state index in [-0.39, 0.29) is 41.6 Å². The molecule has 1 N–H and O–H groups in total. The van der Waals surface area contributed by atoms with E-state index >= 15 is 4.39 Å². The maximum Gasteiger partial charge on any atom is 0.258 e. The molecule has 3 aliphatic rings. The zero-order valence-corrected chi connectivity index (χ0v) is 21.5. The molecule has 1 saturated carbocycles. The molecular formula is C27H30ClFN4O3. The monoisotopic (exact) mass is 512 g/mol. The number of fused-ring (bicyclic) bond motifs is 1. The van der Waals surface area contributed by atoms with Crippen molar-refractivity contribution in [2.75, 3.05) is 6.54 Å². The summed E-state index contributed by atoms with van der Waals surface area (Å²) in [6.45, 7) is 7.00. The summed E-state index contributed by atoms with van der Waals surface area (Å²) in [7, 11) is 0. The quantitative estimate of drug-likeness (QED) is 0.455. The highest BCUT2D eigenvalue weighted by Crippen LogP contribution is 2.44. The van der Waals surface area contributed by atoms with Crippen LogP contribution in [0.1, 0.15) is 69.6 Å². The Morgan fingerprint density at radius 2 is 2.00 bits per heavy atom. The highest BCUT2D eigenvalue weighted by atomic mass is 35.5. The summed E-state index contributed by atoms with van der Waals surface area (Å²) in [5.74, 6) is -0.665. The number of hydrogen-bond donors (Lipinski definition) is 1. The molecule has 2 aromatic heterocycles. The molecule has 0 radical (unpaired) electrons. The minimum Gasteiger partial charge on any atom is -0.417 e. The molecule has 3 heterocycles. The molecule has 1 aliphatic heterocycles. The molecule has 0 saturated heterocycles. The van der Waals surface area contributed by atoms with Crippen LogP contribution in [0.4, 0.5) is 4.39 Å². The van der Waals surface area contributed by atoms with Gasteiger partial charge in [0.2, 0.25) is 11.2 Å². The average molecular weight is 513 g/mol. The summed E-state index contributed by atoms with van der Waals surface area (Å²) in [6, 6.07) is 0. The van der Waals surface area contributed by atoms with Gasteiger partial charge in [0.1, 0.15) is 0 Å². The van der Waals surface area contributed by atoms with Crippen LogP contribution < -0.4 is 10.1 Å². The first-order valence-corrected chi connectivity index (χ1v) is 12.9. The Balaban J connectivity index is 1.58. The van der Waals surface area contributed by atoms with E-state index in [4.69, 9.17) is 21.1 Å². The third-order valence-electron chi connectivity index (χ3n) is 7.14. The van der Waals surface area contributed by atoms with Crippen LogP contribution in [0, 0.1) is 11.7 Å². The molecule has 0 spiro atoms. The maximum atomic E-state index is 16.2. The van der Waals surface area contributed by atoms with Gasteiger partial charge in [0.15, 0.2) is 5.82 Å². The topological polar surface area (TPSA) is 86.2 Å². The lowest BCUT2D eigenvalue weighted by Crippen LogP contribution is -2.33. The minimum atomic E-state index is -0.557. The first-order chi connectivity index (χ1) is 17.4. The third-order valence-corrected chi connectivity index (χ3v) is 7.32. The summed E-state index contributed by atoms with van der Waals surface area (Å²) in [4.78, 5) is 25.4. The van der Waals surface area contributed by atoms with Crippen molar-refractivity contribution in [3.63, 3.8) is 0 Å².